The first kappa shape index (κ1) is 10.4. The van der Waals surface area contributed by atoms with Gasteiger partial charge in [-0.15, -0.1) is 0 Å². The Hall–Kier alpha value is -0.120. The van der Waals surface area contributed by atoms with Crippen LogP contribution in [0.5, 0.6) is 0 Å². The van der Waals surface area contributed by atoms with Gasteiger partial charge in [0.05, 0.1) is 12.7 Å². The average Bonchev–Trinajstić information content (AvgIpc) is 2.74. The molecular weight excluding hydrogens is 178 g/mol. The maximum atomic E-state index is 9.79. The van der Waals surface area contributed by atoms with E-state index in [0.29, 0.717) is 12.0 Å². The maximum absolute atomic E-state index is 9.79. The lowest BCUT2D eigenvalue weighted by atomic mass is 10.1. The Labute approximate surface area is 86.0 Å². The number of aliphatic hydroxyl groups is 1. The first-order valence-electron chi connectivity index (χ1n) is 5.72. The fourth-order valence-corrected chi connectivity index (χ4v) is 2.88. The van der Waals surface area contributed by atoms with Gasteiger partial charge >= 0.3 is 0 Å². The van der Waals surface area contributed by atoms with Crippen molar-refractivity contribution in [3.05, 3.63) is 0 Å². The van der Waals surface area contributed by atoms with Gasteiger partial charge in [0.1, 0.15) is 0 Å². The van der Waals surface area contributed by atoms with Crippen molar-refractivity contribution in [1.29, 1.82) is 0 Å². The molecule has 1 aliphatic carbocycles. The smallest absolute Gasteiger partial charge is 0.0695 e. The van der Waals surface area contributed by atoms with Crippen molar-refractivity contribution in [1.82, 2.24) is 4.90 Å². The molecule has 2 aliphatic rings. The Balaban J connectivity index is 1.82. The van der Waals surface area contributed by atoms with Crippen LogP contribution in [0.1, 0.15) is 25.7 Å². The molecule has 0 radical (unpaired) electrons. The summed E-state index contributed by atoms with van der Waals surface area (Å²) in [5.74, 6) is 0.688. The molecule has 3 nitrogen and oxygen atoms in total. The van der Waals surface area contributed by atoms with E-state index in [1.54, 1.807) is 7.11 Å². The predicted octanol–water partition coefficient (Wildman–Crippen LogP) is 0.868. The Morgan fingerprint density at radius 2 is 2.21 bits per heavy atom. The number of hydrogen-bond donors (Lipinski definition) is 1. The quantitative estimate of drug-likeness (QED) is 0.732. The van der Waals surface area contributed by atoms with Gasteiger partial charge in [-0.3, -0.25) is 4.90 Å². The van der Waals surface area contributed by atoms with Gasteiger partial charge in [0.25, 0.3) is 0 Å². The van der Waals surface area contributed by atoms with E-state index >= 15 is 0 Å². The minimum absolute atomic E-state index is 0.0729. The second kappa shape index (κ2) is 4.60. The van der Waals surface area contributed by atoms with Crippen LogP contribution < -0.4 is 0 Å². The fraction of sp³-hybridized carbons (Fsp3) is 1.00. The molecule has 2 fully saturated rings. The van der Waals surface area contributed by atoms with Crippen LogP contribution in [0.4, 0.5) is 0 Å². The van der Waals surface area contributed by atoms with Crippen molar-refractivity contribution in [2.45, 2.75) is 37.8 Å². The third kappa shape index (κ3) is 2.10. The van der Waals surface area contributed by atoms with E-state index in [1.807, 2.05) is 0 Å². The Kier molecular flexibility index (Phi) is 3.42. The highest BCUT2D eigenvalue weighted by molar-refractivity contribution is 4.89. The molecule has 0 aromatic heterocycles. The van der Waals surface area contributed by atoms with Gasteiger partial charge in [-0.25, -0.2) is 0 Å². The average molecular weight is 199 g/mol. The summed E-state index contributed by atoms with van der Waals surface area (Å²) in [6.45, 7) is 3.14. The molecule has 0 spiro atoms. The summed E-state index contributed by atoms with van der Waals surface area (Å²) in [6.07, 6.45) is 4.53. The monoisotopic (exact) mass is 199 g/mol. The van der Waals surface area contributed by atoms with E-state index < -0.39 is 0 Å². The van der Waals surface area contributed by atoms with Crippen molar-refractivity contribution in [3.8, 4) is 0 Å². The largest absolute Gasteiger partial charge is 0.391 e. The summed E-state index contributed by atoms with van der Waals surface area (Å²) in [7, 11) is 1.77. The summed E-state index contributed by atoms with van der Waals surface area (Å²) in [6, 6.07) is 0.442. The molecule has 0 aromatic carbocycles. The van der Waals surface area contributed by atoms with E-state index in [9.17, 15) is 5.11 Å². The van der Waals surface area contributed by atoms with E-state index in [2.05, 4.69) is 4.90 Å². The van der Waals surface area contributed by atoms with Gasteiger partial charge in [-0.05, 0) is 38.1 Å². The van der Waals surface area contributed by atoms with Crippen molar-refractivity contribution in [3.63, 3.8) is 0 Å². The van der Waals surface area contributed by atoms with Crippen LogP contribution in [0.3, 0.4) is 0 Å². The molecule has 3 atom stereocenters. The lowest BCUT2D eigenvalue weighted by molar-refractivity contribution is 0.0781. The minimum atomic E-state index is -0.0729. The lowest BCUT2D eigenvalue weighted by Gasteiger charge is -2.26. The van der Waals surface area contributed by atoms with Crippen molar-refractivity contribution in [2.75, 3.05) is 26.8 Å². The molecule has 82 valence electrons. The second-order valence-electron chi connectivity index (χ2n) is 4.67. The zero-order valence-corrected chi connectivity index (χ0v) is 8.98. The summed E-state index contributed by atoms with van der Waals surface area (Å²) in [5.41, 5.74) is 0. The molecular formula is C11H21NO2. The molecule has 14 heavy (non-hydrogen) atoms. The topological polar surface area (TPSA) is 32.7 Å². The van der Waals surface area contributed by atoms with E-state index in [0.717, 1.165) is 26.1 Å². The molecule has 0 bridgehead atoms. The lowest BCUT2D eigenvalue weighted by Crippen LogP contribution is -2.39. The molecule has 0 aromatic rings. The summed E-state index contributed by atoms with van der Waals surface area (Å²) in [4.78, 5) is 2.46. The second-order valence-corrected chi connectivity index (χ2v) is 4.67. The molecule has 1 aliphatic heterocycles. The van der Waals surface area contributed by atoms with Crippen LogP contribution in [-0.2, 0) is 4.74 Å². The van der Waals surface area contributed by atoms with Crippen LogP contribution in [0.15, 0.2) is 0 Å². The van der Waals surface area contributed by atoms with Crippen molar-refractivity contribution in [2.24, 2.45) is 5.92 Å². The van der Waals surface area contributed by atoms with E-state index in [1.165, 1.54) is 19.3 Å². The first-order chi connectivity index (χ1) is 6.81. The number of likely N-dealkylation sites (tertiary alicyclic amines) is 1. The van der Waals surface area contributed by atoms with Gasteiger partial charge in [0.15, 0.2) is 0 Å². The number of methoxy groups -OCH3 is 1. The zero-order valence-electron chi connectivity index (χ0n) is 8.98. The molecule has 3 unspecified atom stereocenters. The molecule has 1 saturated heterocycles. The highest BCUT2D eigenvalue weighted by Gasteiger charge is 2.34. The summed E-state index contributed by atoms with van der Waals surface area (Å²) in [5, 5.41) is 9.79. The van der Waals surface area contributed by atoms with Gasteiger partial charge in [-0.2, -0.15) is 0 Å². The number of hydrogen-bond acceptors (Lipinski definition) is 3. The van der Waals surface area contributed by atoms with Gasteiger partial charge in [-0.1, -0.05) is 0 Å². The third-order valence-electron chi connectivity index (χ3n) is 3.63. The Bertz CT molecular complexity index is 186. The molecule has 1 heterocycles. The van der Waals surface area contributed by atoms with Crippen LogP contribution in [0, 0.1) is 5.92 Å². The number of rotatable bonds is 3. The summed E-state index contributed by atoms with van der Waals surface area (Å²) < 4.78 is 5.17. The fourth-order valence-electron chi connectivity index (χ4n) is 2.88. The normalized spacial score (nSPS) is 39.4. The molecule has 0 amide bonds. The molecule has 1 saturated carbocycles. The minimum Gasteiger partial charge on any atom is -0.391 e. The van der Waals surface area contributed by atoms with Gasteiger partial charge < -0.3 is 9.84 Å². The maximum Gasteiger partial charge on any atom is 0.0695 e. The van der Waals surface area contributed by atoms with Crippen LogP contribution in [-0.4, -0.2) is 49.0 Å². The van der Waals surface area contributed by atoms with Crippen LogP contribution in [0.25, 0.3) is 0 Å². The highest BCUT2D eigenvalue weighted by Crippen LogP contribution is 2.28. The Morgan fingerprint density at radius 1 is 1.36 bits per heavy atom. The zero-order chi connectivity index (χ0) is 9.97. The third-order valence-corrected chi connectivity index (χ3v) is 3.63. The SMILES string of the molecule is COCC1CCN(C2CCCC2O)C1. The number of nitrogens with zero attached hydrogens (tertiary/aromatic N) is 1. The standard InChI is InChI=1S/C11H21NO2/c1-14-8-9-5-6-12(7-9)10-3-2-4-11(10)13/h9-11,13H,2-8H2,1H3. The number of ether oxygens (including phenoxy) is 1. The molecule has 2 rings (SSSR count). The highest BCUT2D eigenvalue weighted by atomic mass is 16.5. The van der Waals surface area contributed by atoms with E-state index in [4.69, 9.17) is 4.74 Å². The summed E-state index contributed by atoms with van der Waals surface area (Å²) >= 11 is 0. The molecule has 1 N–H and O–H groups in total. The Morgan fingerprint density at radius 3 is 2.86 bits per heavy atom. The number of aliphatic hydroxyl groups excluding tert-OH is 1. The predicted molar refractivity (Wildman–Crippen MR) is 55.2 cm³/mol. The van der Waals surface area contributed by atoms with Crippen LogP contribution >= 0.6 is 0 Å². The van der Waals surface area contributed by atoms with Gasteiger partial charge in [0.2, 0.25) is 0 Å². The van der Waals surface area contributed by atoms with Crippen molar-refractivity contribution < 1.29 is 9.84 Å². The van der Waals surface area contributed by atoms with Crippen molar-refractivity contribution >= 4 is 0 Å². The molecule has 3 heteroatoms. The van der Waals surface area contributed by atoms with E-state index in [-0.39, 0.29) is 6.10 Å². The first-order valence-corrected chi connectivity index (χ1v) is 5.72. The van der Waals surface area contributed by atoms with Gasteiger partial charge in [0, 0.05) is 19.7 Å². The van der Waals surface area contributed by atoms with Crippen LogP contribution in [0.2, 0.25) is 0 Å².